The molecule has 1 aliphatic heterocycles. The minimum atomic E-state index is -0.530. The quantitative estimate of drug-likeness (QED) is 0.681. The lowest BCUT2D eigenvalue weighted by atomic mass is 9.88. The first-order valence-corrected chi connectivity index (χ1v) is 6.54. The van der Waals surface area contributed by atoms with E-state index in [1.54, 1.807) is 0 Å². The molecule has 0 spiro atoms. The van der Waals surface area contributed by atoms with Crippen LogP contribution in [0.2, 0.25) is 0 Å². The van der Waals surface area contributed by atoms with Crippen molar-refractivity contribution in [1.82, 2.24) is 10.6 Å². The number of hydrogen-bond acceptors (Lipinski definition) is 4. The molecule has 0 saturated carbocycles. The maximum atomic E-state index is 12.0. The monoisotopic (exact) mass is 256 g/mol. The number of ether oxygens (including phenoxy) is 1. The summed E-state index contributed by atoms with van der Waals surface area (Å²) in [6, 6.07) is -0.530. The molecule has 0 aromatic rings. The van der Waals surface area contributed by atoms with Gasteiger partial charge in [0.05, 0.1) is 7.11 Å². The van der Waals surface area contributed by atoms with Gasteiger partial charge < -0.3 is 15.4 Å². The molecule has 2 N–H and O–H groups in total. The molecule has 0 radical (unpaired) electrons. The van der Waals surface area contributed by atoms with Crippen LogP contribution in [0.3, 0.4) is 0 Å². The number of rotatable bonds is 6. The fraction of sp³-hybridized carbons (Fsp3) is 0.846. The van der Waals surface area contributed by atoms with E-state index in [2.05, 4.69) is 10.6 Å². The molecule has 1 aliphatic rings. The fourth-order valence-corrected chi connectivity index (χ4v) is 2.01. The van der Waals surface area contributed by atoms with Crippen LogP contribution < -0.4 is 10.6 Å². The first kappa shape index (κ1) is 15.0. The Morgan fingerprint density at radius 2 is 1.94 bits per heavy atom. The van der Waals surface area contributed by atoms with Crippen molar-refractivity contribution < 1.29 is 14.3 Å². The van der Waals surface area contributed by atoms with E-state index in [1.165, 1.54) is 7.11 Å². The summed E-state index contributed by atoms with van der Waals surface area (Å²) < 4.78 is 4.73. The van der Waals surface area contributed by atoms with Gasteiger partial charge in [-0.2, -0.15) is 0 Å². The lowest BCUT2D eigenvalue weighted by molar-refractivity contribution is -0.146. The van der Waals surface area contributed by atoms with Gasteiger partial charge in [0.1, 0.15) is 6.04 Å². The van der Waals surface area contributed by atoms with Crippen LogP contribution in [0.1, 0.15) is 27.2 Å². The van der Waals surface area contributed by atoms with Crippen molar-refractivity contribution in [2.24, 2.45) is 17.8 Å². The van der Waals surface area contributed by atoms with E-state index in [0.717, 1.165) is 13.1 Å². The van der Waals surface area contributed by atoms with E-state index < -0.39 is 6.04 Å². The standard InChI is InChI=1S/C13H24N2O3/c1-8(2)5-11(13(17)18-4)15-12(16)9(3)10-6-14-7-10/h8-11,14H,5-7H2,1-4H3,(H,15,16). The van der Waals surface area contributed by atoms with Crippen LogP contribution in [0.25, 0.3) is 0 Å². The molecule has 1 rings (SSSR count). The predicted octanol–water partition coefficient (Wildman–Crippen LogP) is 0.546. The third-order valence-electron chi connectivity index (χ3n) is 3.44. The minimum absolute atomic E-state index is 0.0578. The van der Waals surface area contributed by atoms with Crippen molar-refractivity contribution in [3.8, 4) is 0 Å². The number of amides is 1. The van der Waals surface area contributed by atoms with Gasteiger partial charge >= 0.3 is 5.97 Å². The smallest absolute Gasteiger partial charge is 0.328 e. The van der Waals surface area contributed by atoms with Crippen molar-refractivity contribution in [1.29, 1.82) is 0 Å². The molecule has 2 atom stereocenters. The molecular weight excluding hydrogens is 232 g/mol. The maximum absolute atomic E-state index is 12.0. The third kappa shape index (κ3) is 3.98. The van der Waals surface area contributed by atoms with Gasteiger partial charge in [0.15, 0.2) is 0 Å². The first-order valence-electron chi connectivity index (χ1n) is 6.54. The highest BCUT2D eigenvalue weighted by molar-refractivity contribution is 5.85. The predicted molar refractivity (Wildman–Crippen MR) is 68.9 cm³/mol. The van der Waals surface area contributed by atoms with Gasteiger partial charge in [0.25, 0.3) is 0 Å². The van der Waals surface area contributed by atoms with Gasteiger partial charge in [-0.1, -0.05) is 20.8 Å². The van der Waals surface area contributed by atoms with Crippen LogP contribution in [-0.4, -0.2) is 38.1 Å². The number of hydrogen-bond donors (Lipinski definition) is 2. The average molecular weight is 256 g/mol. The van der Waals surface area contributed by atoms with Crippen molar-refractivity contribution in [3.05, 3.63) is 0 Å². The van der Waals surface area contributed by atoms with Crippen LogP contribution in [0.15, 0.2) is 0 Å². The second-order valence-electron chi connectivity index (χ2n) is 5.42. The Hall–Kier alpha value is -1.10. The molecule has 18 heavy (non-hydrogen) atoms. The van der Waals surface area contributed by atoms with Gasteiger partial charge in [-0.3, -0.25) is 4.79 Å². The Balaban J connectivity index is 2.52. The van der Waals surface area contributed by atoms with E-state index >= 15 is 0 Å². The van der Waals surface area contributed by atoms with Gasteiger partial charge in [-0.25, -0.2) is 4.79 Å². The van der Waals surface area contributed by atoms with E-state index in [1.807, 2.05) is 20.8 Å². The van der Waals surface area contributed by atoms with Gasteiger partial charge in [-0.05, 0) is 31.3 Å². The number of esters is 1. The molecule has 1 amide bonds. The molecular formula is C13H24N2O3. The van der Waals surface area contributed by atoms with Gasteiger partial charge in [0.2, 0.25) is 5.91 Å². The van der Waals surface area contributed by atoms with Crippen molar-refractivity contribution in [3.63, 3.8) is 0 Å². The zero-order chi connectivity index (χ0) is 13.7. The van der Waals surface area contributed by atoms with Crippen LogP contribution in [0.5, 0.6) is 0 Å². The van der Waals surface area contributed by atoms with E-state index in [-0.39, 0.29) is 17.8 Å². The topological polar surface area (TPSA) is 67.4 Å². The second-order valence-corrected chi connectivity index (χ2v) is 5.42. The van der Waals surface area contributed by atoms with E-state index in [0.29, 0.717) is 18.3 Å². The number of nitrogens with one attached hydrogen (secondary N) is 2. The average Bonchev–Trinajstić information content (AvgIpc) is 2.23. The molecule has 5 nitrogen and oxygen atoms in total. The molecule has 0 aromatic heterocycles. The Kier molecular flexibility index (Phi) is 5.59. The van der Waals surface area contributed by atoms with Crippen LogP contribution in [0, 0.1) is 17.8 Å². The molecule has 1 saturated heterocycles. The zero-order valence-corrected chi connectivity index (χ0v) is 11.7. The zero-order valence-electron chi connectivity index (χ0n) is 11.7. The fourth-order valence-electron chi connectivity index (χ4n) is 2.01. The maximum Gasteiger partial charge on any atom is 0.328 e. The Labute approximate surface area is 109 Å². The second kappa shape index (κ2) is 6.73. The summed E-state index contributed by atoms with van der Waals surface area (Å²) in [5.41, 5.74) is 0. The summed E-state index contributed by atoms with van der Waals surface area (Å²) >= 11 is 0. The Bertz CT molecular complexity index is 301. The third-order valence-corrected chi connectivity index (χ3v) is 3.44. The number of carbonyl (C=O) groups is 2. The minimum Gasteiger partial charge on any atom is -0.467 e. The summed E-state index contributed by atoms with van der Waals surface area (Å²) in [6.07, 6.45) is 0.605. The highest BCUT2D eigenvalue weighted by Crippen LogP contribution is 2.16. The lowest BCUT2D eigenvalue weighted by Gasteiger charge is -2.32. The van der Waals surface area contributed by atoms with Crippen LogP contribution >= 0.6 is 0 Å². The molecule has 2 unspecified atom stereocenters. The highest BCUT2D eigenvalue weighted by Gasteiger charge is 2.31. The van der Waals surface area contributed by atoms with Gasteiger partial charge in [0, 0.05) is 5.92 Å². The number of methoxy groups -OCH3 is 1. The Morgan fingerprint density at radius 3 is 2.33 bits per heavy atom. The van der Waals surface area contributed by atoms with Crippen molar-refractivity contribution >= 4 is 11.9 Å². The van der Waals surface area contributed by atoms with E-state index in [4.69, 9.17) is 4.74 Å². The molecule has 0 aromatic carbocycles. The normalized spacial score (nSPS) is 18.9. The first-order chi connectivity index (χ1) is 8.45. The lowest BCUT2D eigenvalue weighted by Crippen LogP contribution is -2.52. The largest absolute Gasteiger partial charge is 0.467 e. The summed E-state index contributed by atoms with van der Waals surface area (Å²) in [6.45, 7) is 7.69. The molecule has 104 valence electrons. The summed E-state index contributed by atoms with van der Waals surface area (Å²) in [5, 5.41) is 5.95. The summed E-state index contributed by atoms with van der Waals surface area (Å²) in [7, 11) is 1.35. The van der Waals surface area contributed by atoms with E-state index in [9.17, 15) is 9.59 Å². The Morgan fingerprint density at radius 1 is 1.33 bits per heavy atom. The van der Waals surface area contributed by atoms with Crippen molar-refractivity contribution in [2.45, 2.75) is 33.2 Å². The number of carbonyl (C=O) groups excluding carboxylic acids is 2. The molecule has 1 fully saturated rings. The SMILES string of the molecule is COC(=O)C(CC(C)C)NC(=O)C(C)C1CNC1. The van der Waals surface area contributed by atoms with Crippen LogP contribution in [0.4, 0.5) is 0 Å². The molecule has 0 aliphatic carbocycles. The molecule has 1 heterocycles. The molecule has 5 heteroatoms. The molecule has 0 bridgehead atoms. The highest BCUT2D eigenvalue weighted by atomic mass is 16.5. The van der Waals surface area contributed by atoms with Gasteiger partial charge in [-0.15, -0.1) is 0 Å². The van der Waals surface area contributed by atoms with Crippen LogP contribution in [-0.2, 0) is 14.3 Å². The summed E-state index contributed by atoms with van der Waals surface area (Å²) in [4.78, 5) is 23.7. The summed E-state index contributed by atoms with van der Waals surface area (Å²) in [5.74, 6) is 0.219. The van der Waals surface area contributed by atoms with Crippen molar-refractivity contribution in [2.75, 3.05) is 20.2 Å².